The molecule has 0 radical (unpaired) electrons. The van der Waals surface area contributed by atoms with Crippen LogP contribution in [0.25, 0.3) is 6.08 Å². The maximum Gasteiger partial charge on any atom is 0.333 e. The lowest BCUT2D eigenvalue weighted by Gasteiger charge is -2.25. The van der Waals surface area contributed by atoms with Crippen LogP contribution in [0.15, 0.2) is 89.8 Å². The van der Waals surface area contributed by atoms with Crippen molar-refractivity contribution in [3.63, 3.8) is 0 Å². The highest BCUT2D eigenvalue weighted by Crippen LogP contribution is 2.38. The van der Waals surface area contributed by atoms with Crippen LogP contribution in [0.3, 0.4) is 0 Å². The predicted octanol–water partition coefficient (Wildman–Crippen LogP) is 5.77. The van der Waals surface area contributed by atoms with Gasteiger partial charge in [-0.2, -0.15) is 0 Å². The minimum absolute atomic E-state index is 0.214. The monoisotopic (exact) mass is 489 g/mol. The van der Waals surface area contributed by atoms with E-state index in [2.05, 4.69) is 0 Å². The Bertz CT molecular complexity index is 1190. The van der Waals surface area contributed by atoms with Crippen molar-refractivity contribution >= 4 is 46.3 Å². The number of benzene rings is 3. The molecule has 1 aliphatic heterocycles. The number of hydrogen-bond acceptors (Lipinski definition) is 6. The lowest BCUT2D eigenvalue weighted by atomic mass is 10.1. The highest BCUT2D eigenvalue weighted by Gasteiger charge is 2.42. The van der Waals surface area contributed by atoms with Gasteiger partial charge in [0.05, 0.1) is 11.5 Å². The molecule has 7 heteroatoms. The minimum atomic E-state index is -0.923. The molecule has 172 valence electrons. The van der Waals surface area contributed by atoms with Gasteiger partial charge in [0.15, 0.2) is 6.04 Å². The number of esters is 1. The first-order valence-electron chi connectivity index (χ1n) is 10.8. The summed E-state index contributed by atoms with van der Waals surface area (Å²) >= 11 is 6.67. The Hall–Kier alpha value is -3.42. The zero-order valence-electron chi connectivity index (χ0n) is 18.5. The van der Waals surface area contributed by atoms with E-state index in [9.17, 15) is 9.59 Å². The summed E-state index contributed by atoms with van der Waals surface area (Å²) in [6.45, 7) is 2.43. The summed E-state index contributed by atoms with van der Waals surface area (Å²) in [6, 6.07) is 25.6. The van der Waals surface area contributed by atoms with Crippen LogP contribution in [0.5, 0.6) is 5.75 Å². The number of carbonyl (C=O) groups is 2. The molecule has 0 N–H and O–H groups in total. The number of rotatable bonds is 8. The predicted molar refractivity (Wildman–Crippen MR) is 138 cm³/mol. The van der Waals surface area contributed by atoms with Gasteiger partial charge in [0.25, 0.3) is 5.91 Å². The van der Waals surface area contributed by atoms with Gasteiger partial charge in [0.2, 0.25) is 0 Å². The topological polar surface area (TPSA) is 55.8 Å². The number of hydrogen-bond donors (Lipinski definition) is 0. The van der Waals surface area contributed by atoms with E-state index in [4.69, 9.17) is 21.7 Å². The number of nitrogens with zero attached hydrogens (tertiary/aromatic N) is 1. The summed E-state index contributed by atoms with van der Waals surface area (Å²) in [7, 11) is 0. The van der Waals surface area contributed by atoms with Crippen LogP contribution in [-0.4, -0.2) is 27.7 Å². The maximum atomic E-state index is 13.3. The van der Waals surface area contributed by atoms with Crippen LogP contribution in [0, 0.1) is 0 Å². The van der Waals surface area contributed by atoms with Gasteiger partial charge in [-0.15, -0.1) is 0 Å². The molecule has 0 spiro atoms. The van der Waals surface area contributed by atoms with Gasteiger partial charge in [-0.25, -0.2) is 4.79 Å². The summed E-state index contributed by atoms with van der Waals surface area (Å²) in [6.07, 6.45) is 1.77. The number of thiocarbonyl (C=S) groups is 1. The van der Waals surface area contributed by atoms with Gasteiger partial charge in [0, 0.05) is 0 Å². The van der Waals surface area contributed by atoms with Crippen molar-refractivity contribution < 1.29 is 19.1 Å². The Morgan fingerprint density at radius 3 is 2.29 bits per heavy atom. The summed E-state index contributed by atoms with van der Waals surface area (Å²) in [4.78, 5) is 27.9. The molecule has 0 bridgehead atoms. The molecular weight excluding hydrogens is 466 g/mol. The fraction of sp³-hybridized carbons (Fsp3) is 0.148. The zero-order chi connectivity index (χ0) is 23.9. The van der Waals surface area contributed by atoms with E-state index in [1.807, 2.05) is 72.8 Å². The Balaban J connectivity index is 1.51. The zero-order valence-corrected chi connectivity index (χ0v) is 20.2. The highest BCUT2D eigenvalue weighted by molar-refractivity contribution is 8.26. The summed E-state index contributed by atoms with van der Waals surface area (Å²) < 4.78 is 11.4. The van der Waals surface area contributed by atoms with Crippen molar-refractivity contribution in [3.8, 4) is 5.75 Å². The Morgan fingerprint density at radius 2 is 1.65 bits per heavy atom. The first-order valence-corrected chi connectivity index (χ1v) is 12.0. The van der Waals surface area contributed by atoms with E-state index in [1.54, 1.807) is 25.1 Å². The largest absolute Gasteiger partial charge is 0.489 e. The molecule has 1 atom stereocenters. The molecule has 5 nitrogen and oxygen atoms in total. The van der Waals surface area contributed by atoms with Crippen LogP contribution in [0.1, 0.15) is 29.7 Å². The normalized spacial score (nSPS) is 15.4. The Morgan fingerprint density at radius 1 is 1.00 bits per heavy atom. The molecule has 3 aromatic carbocycles. The number of amides is 1. The van der Waals surface area contributed by atoms with Gasteiger partial charge in [-0.1, -0.05) is 96.8 Å². The van der Waals surface area contributed by atoms with Gasteiger partial charge in [-0.3, -0.25) is 9.69 Å². The lowest BCUT2D eigenvalue weighted by Crippen LogP contribution is -2.38. The van der Waals surface area contributed by atoms with E-state index in [0.29, 0.717) is 21.4 Å². The number of carbonyl (C=O) groups excluding carboxylic acids is 2. The molecule has 34 heavy (non-hydrogen) atoms. The third kappa shape index (κ3) is 5.55. The molecule has 1 amide bonds. The van der Waals surface area contributed by atoms with Crippen LogP contribution in [0.2, 0.25) is 0 Å². The molecule has 1 aliphatic rings. The third-order valence-electron chi connectivity index (χ3n) is 5.13. The Kier molecular flexibility index (Phi) is 7.77. The second kappa shape index (κ2) is 11.1. The molecule has 0 aromatic heterocycles. The van der Waals surface area contributed by atoms with Crippen molar-refractivity contribution in [2.45, 2.75) is 19.6 Å². The second-order valence-corrected chi connectivity index (χ2v) is 9.14. The summed E-state index contributed by atoms with van der Waals surface area (Å²) in [5.74, 6) is -0.0903. The number of thioether (sulfide) groups is 1. The molecule has 0 saturated carbocycles. The van der Waals surface area contributed by atoms with Gasteiger partial charge in [0.1, 0.15) is 16.7 Å². The smallest absolute Gasteiger partial charge is 0.333 e. The molecule has 4 rings (SSSR count). The third-order valence-corrected chi connectivity index (χ3v) is 6.46. The Labute approximate surface area is 208 Å². The van der Waals surface area contributed by atoms with E-state index in [0.717, 1.165) is 16.9 Å². The van der Waals surface area contributed by atoms with E-state index >= 15 is 0 Å². The van der Waals surface area contributed by atoms with Crippen molar-refractivity contribution in [1.29, 1.82) is 0 Å². The van der Waals surface area contributed by atoms with Crippen molar-refractivity contribution in [2.75, 3.05) is 6.61 Å². The summed E-state index contributed by atoms with van der Waals surface area (Å²) in [5, 5.41) is 0. The lowest BCUT2D eigenvalue weighted by molar-refractivity contribution is -0.151. The molecule has 0 aliphatic carbocycles. The number of ether oxygens (including phenoxy) is 2. The second-order valence-electron chi connectivity index (χ2n) is 7.46. The molecule has 1 fully saturated rings. The van der Waals surface area contributed by atoms with E-state index in [1.165, 1.54) is 16.7 Å². The quantitative estimate of drug-likeness (QED) is 0.227. The first kappa shape index (κ1) is 23.7. The van der Waals surface area contributed by atoms with Crippen LogP contribution in [-0.2, 0) is 20.9 Å². The van der Waals surface area contributed by atoms with Crippen LogP contribution in [0.4, 0.5) is 0 Å². The van der Waals surface area contributed by atoms with E-state index < -0.39 is 12.0 Å². The van der Waals surface area contributed by atoms with Crippen molar-refractivity contribution in [1.82, 2.24) is 4.90 Å². The van der Waals surface area contributed by atoms with Crippen molar-refractivity contribution in [3.05, 3.63) is 107 Å². The maximum absolute atomic E-state index is 13.3. The average Bonchev–Trinajstić information content (AvgIpc) is 3.13. The average molecular weight is 490 g/mol. The van der Waals surface area contributed by atoms with Crippen LogP contribution >= 0.6 is 24.0 Å². The van der Waals surface area contributed by atoms with Gasteiger partial charge in [-0.05, 0) is 41.8 Å². The molecular formula is C27H23NO4S2. The van der Waals surface area contributed by atoms with Gasteiger partial charge < -0.3 is 9.47 Å². The fourth-order valence-corrected chi connectivity index (χ4v) is 4.82. The molecule has 1 saturated heterocycles. The standard InChI is InChI=1S/C27H23NO4S2/c1-2-31-26(30)24(21-11-7-4-8-12-21)28-25(29)23(34-27(28)33)17-19-13-15-22(16-14-19)32-18-20-9-5-3-6-10-20/h3-17,24H,2,18H2,1H3/b23-17-. The summed E-state index contributed by atoms with van der Waals surface area (Å²) in [5.41, 5.74) is 2.57. The highest BCUT2D eigenvalue weighted by atomic mass is 32.2. The molecule has 1 heterocycles. The fourth-order valence-electron chi connectivity index (χ4n) is 3.50. The molecule has 3 aromatic rings. The van der Waals surface area contributed by atoms with E-state index in [-0.39, 0.29) is 12.5 Å². The molecule has 1 unspecified atom stereocenters. The van der Waals surface area contributed by atoms with Crippen molar-refractivity contribution in [2.24, 2.45) is 0 Å². The SMILES string of the molecule is CCOC(=O)C(c1ccccc1)N1C(=O)/C(=C/c2ccc(OCc3ccccc3)cc2)SC1=S. The van der Waals surface area contributed by atoms with Crippen LogP contribution < -0.4 is 4.74 Å². The van der Waals surface area contributed by atoms with Gasteiger partial charge >= 0.3 is 5.97 Å². The first-order chi connectivity index (χ1) is 16.6. The minimum Gasteiger partial charge on any atom is -0.489 e.